The first-order valence-electron chi connectivity index (χ1n) is 5.34. The van der Waals surface area contributed by atoms with E-state index in [1.165, 1.54) is 0 Å². The van der Waals surface area contributed by atoms with Crippen LogP contribution in [0.5, 0.6) is 0 Å². The Bertz CT molecular complexity index is 494. The van der Waals surface area contributed by atoms with Gasteiger partial charge in [-0.15, -0.1) is 0 Å². The number of hydrogen-bond acceptors (Lipinski definition) is 3. The molecule has 0 aliphatic rings. The van der Waals surface area contributed by atoms with Crippen molar-refractivity contribution in [2.75, 3.05) is 5.32 Å². The molecule has 1 N–H and O–H groups in total. The first kappa shape index (κ1) is 20.2. The number of anilines is 1. The van der Waals surface area contributed by atoms with Gasteiger partial charge in [-0.05, 0) is 20.8 Å². The van der Waals surface area contributed by atoms with Crippen molar-refractivity contribution in [1.29, 1.82) is 0 Å². The van der Waals surface area contributed by atoms with Crippen molar-refractivity contribution >= 4 is 35.8 Å². The Kier molecular flexibility index (Phi) is 7.53. The molecule has 0 fully saturated rings. The second kappa shape index (κ2) is 7.46. The molecule has 20 heavy (non-hydrogen) atoms. The fourth-order valence-corrected chi connectivity index (χ4v) is 1.30. The van der Waals surface area contributed by atoms with Crippen LogP contribution in [0.1, 0.15) is 20.8 Å². The number of rotatable bonds is 2. The Morgan fingerprint density at radius 1 is 1.40 bits per heavy atom. The van der Waals surface area contributed by atoms with E-state index in [4.69, 9.17) is 16.3 Å². The Morgan fingerprint density at radius 3 is 2.40 bits per heavy atom. The second-order valence-electron chi connectivity index (χ2n) is 4.81. The van der Waals surface area contributed by atoms with Gasteiger partial charge in [0.1, 0.15) is 5.60 Å². The van der Waals surface area contributed by atoms with Gasteiger partial charge in [0.2, 0.25) is 0 Å². The van der Waals surface area contributed by atoms with Gasteiger partial charge in [-0.25, -0.2) is 9.78 Å². The average Bonchev–Trinajstić information content (AvgIpc) is 2.16. The van der Waals surface area contributed by atoms with Crippen molar-refractivity contribution in [3.8, 4) is 0 Å². The molecule has 1 aromatic rings. The molecule has 0 saturated carbocycles. The zero-order valence-corrected chi connectivity index (χ0v) is 15.4. The molecule has 1 aromatic heterocycles. The molecule has 106 valence electrons. The van der Waals surface area contributed by atoms with Crippen LogP contribution in [0.2, 0.25) is 5.15 Å². The number of carbonyl (C=O) groups is 1. The SMILES string of the molecule is CC(C)(C)OC(=O)Nc1cc([B-](F)(F)F)cnc1Cl.[K+]. The number of carbonyl (C=O) groups excluding carboxylic acids is 1. The van der Waals surface area contributed by atoms with Gasteiger partial charge in [-0.1, -0.05) is 23.1 Å². The predicted octanol–water partition coefficient (Wildman–Crippen LogP) is 0.140. The number of nitrogens with zero attached hydrogens (tertiary/aromatic N) is 1. The molecule has 4 nitrogen and oxygen atoms in total. The van der Waals surface area contributed by atoms with E-state index in [0.29, 0.717) is 6.20 Å². The number of halogens is 4. The normalized spacial score (nSPS) is 11.6. The standard InChI is InChI=1S/C10H12BClF3N2O2.K/c1-10(2,3)19-9(18)17-7-4-6(11(13,14)15)5-16-8(7)12;/h4-5H,1-3H3,(H,17,18);/q-1;+1. The van der Waals surface area contributed by atoms with Crippen LogP contribution in [0, 0.1) is 0 Å². The molecule has 1 amide bonds. The van der Waals surface area contributed by atoms with Crippen LogP contribution in [-0.2, 0) is 4.74 Å². The van der Waals surface area contributed by atoms with Gasteiger partial charge < -0.3 is 17.7 Å². The van der Waals surface area contributed by atoms with Crippen LogP contribution < -0.4 is 62.2 Å². The summed E-state index contributed by atoms with van der Waals surface area (Å²) in [5, 5.41) is 1.89. The quantitative estimate of drug-likeness (QED) is 0.618. The summed E-state index contributed by atoms with van der Waals surface area (Å²) in [7, 11) is 0. The van der Waals surface area contributed by atoms with Crippen LogP contribution in [0.3, 0.4) is 0 Å². The molecule has 0 aliphatic carbocycles. The third kappa shape index (κ3) is 6.77. The summed E-state index contributed by atoms with van der Waals surface area (Å²) in [6, 6.07) is 0.721. The third-order valence-corrected chi connectivity index (χ3v) is 2.17. The summed E-state index contributed by atoms with van der Waals surface area (Å²) in [6.07, 6.45) is -0.286. The van der Waals surface area contributed by atoms with Gasteiger partial charge in [0.15, 0.2) is 5.15 Å². The number of aromatic nitrogens is 1. The largest absolute Gasteiger partial charge is 1.00 e. The van der Waals surface area contributed by atoms with E-state index < -0.39 is 24.1 Å². The fourth-order valence-electron chi connectivity index (χ4n) is 1.14. The van der Waals surface area contributed by atoms with E-state index in [1.54, 1.807) is 20.8 Å². The summed E-state index contributed by atoms with van der Waals surface area (Å²) in [6.45, 7) is -0.332. The van der Waals surface area contributed by atoms with Gasteiger partial charge in [0.05, 0.1) is 5.69 Å². The molecular weight excluding hydrogens is 322 g/mol. The topological polar surface area (TPSA) is 51.2 Å². The fraction of sp³-hybridized carbons (Fsp3) is 0.400. The maximum Gasteiger partial charge on any atom is 1.00 e. The van der Waals surface area contributed by atoms with Crippen molar-refractivity contribution in [3.05, 3.63) is 17.4 Å². The van der Waals surface area contributed by atoms with E-state index >= 15 is 0 Å². The smallest absolute Gasteiger partial charge is 0.445 e. The van der Waals surface area contributed by atoms with Crippen molar-refractivity contribution in [2.45, 2.75) is 26.4 Å². The van der Waals surface area contributed by atoms with Gasteiger partial charge in [-0.3, -0.25) is 5.32 Å². The van der Waals surface area contributed by atoms with Gasteiger partial charge in [0, 0.05) is 6.20 Å². The molecule has 1 heterocycles. The van der Waals surface area contributed by atoms with E-state index in [0.717, 1.165) is 6.07 Å². The van der Waals surface area contributed by atoms with Gasteiger partial charge in [-0.2, -0.15) is 0 Å². The molecule has 0 radical (unpaired) electrons. The molecule has 0 unspecified atom stereocenters. The monoisotopic (exact) mass is 334 g/mol. The second-order valence-corrected chi connectivity index (χ2v) is 5.17. The molecule has 1 rings (SSSR count). The maximum absolute atomic E-state index is 12.5. The summed E-state index contributed by atoms with van der Waals surface area (Å²) < 4.78 is 42.5. The molecule has 10 heteroatoms. The summed E-state index contributed by atoms with van der Waals surface area (Å²) in [5.74, 6) is 0. The van der Waals surface area contributed by atoms with Gasteiger partial charge in [0.25, 0.3) is 0 Å². The van der Waals surface area contributed by atoms with Crippen LogP contribution in [0.4, 0.5) is 23.4 Å². The minimum Gasteiger partial charge on any atom is -0.445 e. The Morgan fingerprint density at radius 2 is 1.95 bits per heavy atom. The van der Waals surface area contributed by atoms with Crippen molar-refractivity contribution in [3.63, 3.8) is 0 Å². The number of amides is 1. The molecule has 0 bridgehead atoms. The van der Waals surface area contributed by atoms with Crippen molar-refractivity contribution in [2.24, 2.45) is 0 Å². The van der Waals surface area contributed by atoms with E-state index in [2.05, 4.69) is 10.3 Å². The molecule has 0 saturated heterocycles. The molecule has 0 aliphatic heterocycles. The van der Waals surface area contributed by atoms with Crippen LogP contribution in [-0.4, -0.2) is 23.7 Å². The molecule has 0 spiro atoms. The van der Waals surface area contributed by atoms with Crippen LogP contribution >= 0.6 is 11.6 Å². The number of ether oxygens (including phenoxy) is 1. The van der Waals surface area contributed by atoms with Crippen LogP contribution in [0.25, 0.3) is 0 Å². The Labute approximate surface area is 162 Å². The summed E-state index contributed by atoms with van der Waals surface area (Å²) >= 11 is 5.62. The van der Waals surface area contributed by atoms with Gasteiger partial charge >= 0.3 is 64.5 Å². The average molecular weight is 335 g/mol. The first-order chi connectivity index (χ1) is 8.49. The number of pyridine rings is 1. The minimum atomic E-state index is -5.21. The van der Waals surface area contributed by atoms with Crippen molar-refractivity contribution in [1.82, 2.24) is 4.98 Å². The molecule has 0 atom stereocenters. The Balaban J connectivity index is 0.00000361. The Hall–Kier alpha value is 0.201. The number of hydrogen-bond donors (Lipinski definition) is 1. The third-order valence-electron chi connectivity index (χ3n) is 1.87. The van der Waals surface area contributed by atoms with Crippen molar-refractivity contribution < 1.29 is 73.9 Å². The first-order valence-corrected chi connectivity index (χ1v) is 5.72. The van der Waals surface area contributed by atoms with E-state index in [1.807, 2.05) is 0 Å². The zero-order valence-electron chi connectivity index (χ0n) is 11.5. The maximum atomic E-state index is 12.5. The minimum absolute atomic E-state index is 0. The van der Waals surface area contributed by atoms with E-state index in [-0.39, 0.29) is 62.2 Å². The predicted molar refractivity (Wildman–Crippen MR) is 67.8 cm³/mol. The molecular formula is C10H12BClF3KN2O2. The summed E-state index contributed by atoms with van der Waals surface area (Å²) in [5.41, 5.74) is -1.96. The zero-order chi connectivity index (χ0) is 14.8. The number of nitrogens with one attached hydrogen (secondary N) is 1. The van der Waals surface area contributed by atoms with E-state index in [9.17, 15) is 17.7 Å². The summed E-state index contributed by atoms with van der Waals surface area (Å²) in [4.78, 5) is 14.8. The van der Waals surface area contributed by atoms with Crippen LogP contribution in [0.15, 0.2) is 12.3 Å². The molecule has 0 aromatic carbocycles.